The first kappa shape index (κ1) is 18.4. The monoisotopic (exact) mass is 373 g/mol. The molecule has 0 saturated carbocycles. The van der Waals surface area contributed by atoms with Gasteiger partial charge in [-0.15, -0.1) is 0 Å². The van der Waals surface area contributed by atoms with Crippen molar-refractivity contribution in [1.29, 1.82) is 0 Å². The largest absolute Gasteiger partial charge is 0.492 e. The highest BCUT2D eigenvalue weighted by Gasteiger charge is 2.16. The van der Waals surface area contributed by atoms with Gasteiger partial charge in [-0.1, -0.05) is 23.7 Å². The minimum Gasteiger partial charge on any atom is -0.492 e. The van der Waals surface area contributed by atoms with Crippen molar-refractivity contribution in [3.63, 3.8) is 0 Å². The van der Waals surface area contributed by atoms with E-state index in [2.05, 4.69) is 15.5 Å². The van der Waals surface area contributed by atoms with E-state index >= 15 is 0 Å². The number of para-hydroxylation sites is 2. The van der Waals surface area contributed by atoms with Crippen molar-refractivity contribution in [2.75, 3.05) is 41.8 Å². The molecule has 5 nitrogen and oxygen atoms in total. The van der Waals surface area contributed by atoms with Gasteiger partial charge in [0.25, 0.3) is 0 Å². The number of hydrogen-bond donors (Lipinski definition) is 2. The van der Waals surface area contributed by atoms with E-state index in [4.69, 9.17) is 16.3 Å². The van der Waals surface area contributed by atoms with E-state index in [1.54, 1.807) is 0 Å². The van der Waals surface area contributed by atoms with Crippen molar-refractivity contribution >= 4 is 34.6 Å². The second kappa shape index (κ2) is 8.81. The van der Waals surface area contributed by atoms with Crippen LogP contribution in [0.5, 0.6) is 5.75 Å². The van der Waals surface area contributed by atoms with E-state index in [1.165, 1.54) is 12.8 Å². The highest BCUT2D eigenvalue weighted by Crippen LogP contribution is 2.31. The first-order chi connectivity index (χ1) is 12.7. The fourth-order valence-electron chi connectivity index (χ4n) is 3.10. The number of anilines is 3. The molecule has 0 spiro atoms. The summed E-state index contributed by atoms with van der Waals surface area (Å²) in [5.41, 5.74) is 2.65. The van der Waals surface area contributed by atoms with Crippen molar-refractivity contribution in [2.45, 2.75) is 19.8 Å². The van der Waals surface area contributed by atoms with Gasteiger partial charge in [0.15, 0.2) is 0 Å². The Morgan fingerprint density at radius 1 is 1.15 bits per heavy atom. The van der Waals surface area contributed by atoms with Crippen molar-refractivity contribution in [3.8, 4) is 5.75 Å². The molecule has 6 heteroatoms. The number of hydrogen-bond acceptors (Lipinski definition) is 4. The topological polar surface area (TPSA) is 53.6 Å². The van der Waals surface area contributed by atoms with Crippen LogP contribution >= 0.6 is 11.6 Å². The number of halogens is 1. The molecule has 0 radical (unpaired) electrons. The third-order valence-electron chi connectivity index (χ3n) is 4.31. The zero-order chi connectivity index (χ0) is 18.4. The number of carbonyl (C=O) groups is 1. The Labute approximate surface area is 159 Å². The molecular weight excluding hydrogens is 350 g/mol. The molecular formula is C20H24ClN3O2. The Bertz CT molecular complexity index is 760. The van der Waals surface area contributed by atoms with E-state index in [-0.39, 0.29) is 12.5 Å². The standard InChI is InChI=1S/C20H24ClN3O2/c1-2-26-19-8-4-3-7-16(19)23-20(25)14-22-17-13-15(21)9-10-18(17)24-11-5-6-12-24/h3-4,7-10,13,22H,2,5-6,11-12,14H2,1H3,(H,23,25). The summed E-state index contributed by atoms with van der Waals surface area (Å²) in [6.07, 6.45) is 2.38. The molecule has 2 aromatic rings. The maximum absolute atomic E-state index is 12.4. The van der Waals surface area contributed by atoms with Crippen LogP contribution in [0.4, 0.5) is 17.1 Å². The lowest BCUT2D eigenvalue weighted by Crippen LogP contribution is -2.24. The fourth-order valence-corrected chi connectivity index (χ4v) is 3.28. The first-order valence-corrected chi connectivity index (χ1v) is 9.35. The van der Waals surface area contributed by atoms with Gasteiger partial charge in [-0.2, -0.15) is 0 Å². The van der Waals surface area contributed by atoms with Gasteiger partial charge in [-0.05, 0) is 50.1 Å². The van der Waals surface area contributed by atoms with Gasteiger partial charge in [-0.25, -0.2) is 0 Å². The molecule has 0 atom stereocenters. The van der Waals surface area contributed by atoms with E-state index in [0.717, 1.165) is 24.5 Å². The Hall–Kier alpha value is -2.40. The minimum atomic E-state index is -0.135. The number of ether oxygens (including phenoxy) is 1. The van der Waals surface area contributed by atoms with Gasteiger partial charge in [0.2, 0.25) is 5.91 Å². The molecule has 0 bridgehead atoms. The molecule has 2 N–H and O–H groups in total. The van der Waals surface area contributed by atoms with Gasteiger partial charge >= 0.3 is 0 Å². The van der Waals surface area contributed by atoms with Crippen LogP contribution < -0.4 is 20.3 Å². The number of nitrogens with zero attached hydrogens (tertiary/aromatic N) is 1. The van der Waals surface area contributed by atoms with Crippen molar-refractivity contribution < 1.29 is 9.53 Å². The predicted molar refractivity (Wildman–Crippen MR) is 108 cm³/mol. The molecule has 26 heavy (non-hydrogen) atoms. The lowest BCUT2D eigenvalue weighted by atomic mass is 10.2. The van der Waals surface area contributed by atoms with Crippen LogP contribution in [-0.2, 0) is 4.79 Å². The van der Waals surface area contributed by atoms with Crippen LogP contribution in [0.25, 0.3) is 0 Å². The molecule has 1 heterocycles. The molecule has 0 aromatic heterocycles. The Morgan fingerprint density at radius 3 is 2.69 bits per heavy atom. The SMILES string of the molecule is CCOc1ccccc1NC(=O)CNc1cc(Cl)ccc1N1CCCC1. The number of carbonyl (C=O) groups excluding carboxylic acids is 1. The normalized spacial score (nSPS) is 13.5. The summed E-state index contributed by atoms with van der Waals surface area (Å²) in [5, 5.41) is 6.77. The molecule has 1 saturated heterocycles. The van der Waals surface area contributed by atoms with Crippen LogP contribution in [0, 0.1) is 0 Å². The molecule has 138 valence electrons. The number of rotatable bonds is 7. The van der Waals surface area contributed by atoms with Crippen molar-refractivity contribution in [2.24, 2.45) is 0 Å². The van der Waals surface area contributed by atoms with E-state index < -0.39 is 0 Å². The van der Waals surface area contributed by atoms with Crippen molar-refractivity contribution in [1.82, 2.24) is 0 Å². The predicted octanol–water partition coefficient (Wildman–Crippen LogP) is 4.39. The molecule has 2 aromatic carbocycles. The molecule has 0 unspecified atom stereocenters. The number of benzene rings is 2. The van der Waals surface area contributed by atoms with Crippen LogP contribution in [0.15, 0.2) is 42.5 Å². The first-order valence-electron chi connectivity index (χ1n) is 8.97. The maximum atomic E-state index is 12.4. The summed E-state index contributed by atoms with van der Waals surface area (Å²) in [5.74, 6) is 0.536. The van der Waals surface area contributed by atoms with Crippen LogP contribution in [0.3, 0.4) is 0 Å². The smallest absolute Gasteiger partial charge is 0.243 e. The number of amides is 1. The van der Waals surface area contributed by atoms with Crippen LogP contribution in [0.2, 0.25) is 5.02 Å². The molecule has 3 rings (SSSR count). The van der Waals surface area contributed by atoms with E-state index in [0.29, 0.717) is 23.1 Å². The summed E-state index contributed by atoms with van der Waals surface area (Å²) in [4.78, 5) is 14.7. The molecule has 1 fully saturated rings. The average Bonchev–Trinajstić information content (AvgIpc) is 3.16. The zero-order valence-electron chi connectivity index (χ0n) is 14.9. The second-order valence-corrected chi connectivity index (χ2v) is 6.62. The van der Waals surface area contributed by atoms with Crippen LogP contribution in [-0.4, -0.2) is 32.1 Å². The summed E-state index contributed by atoms with van der Waals surface area (Å²) < 4.78 is 5.54. The maximum Gasteiger partial charge on any atom is 0.243 e. The lowest BCUT2D eigenvalue weighted by molar-refractivity contribution is -0.114. The quantitative estimate of drug-likeness (QED) is 0.755. The summed E-state index contributed by atoms with van der Waals surface area (Å²) >= 11 is 6.15. The molecule has 1 aliphatic heterocycles. The second-order valence-electron chi connectivity index (χ2n) is 6.19. The fraction of sp³-hybridized carbons (Fsp3) is 0.350. The molecule has 1 aliphatic rings. The van der Waals surface area contributed by atoms with E-state index in [9.17, 15) is 4.79 Å². The highest BCUT2D eigenvalue weighted by atomic mass is 35.5. The third kappa shape index (κ3) is 4.61. The van der Waals surface area contributed by atoms with Crippen LogP contribution in [0.1, 0.15) is 19.8 Å². The highest BCUT2D eigenvalue weighted by molar-refractivity contribution is 6.31. The van der Waals surface area contributed by atoms with Gasteiger partial charge in [0.1, 0.15) is 5.75 Å². The lowest BCUT2D eigenvalue weighted by Gasteiger charge is -2.22. The van der Waals surface area contributed by atoms with Gasteiger partial charge in [0.05, 0.1) is 30.2 Å². The molecule has 0 aliphatic carbocycles. The zero-order valence-corrected chi connectivity index (χ0v) is 15.7. The van der Waals surface area contributed by atoms with E-state index in [1.807, 2.05) is 49.4 Å². The third-order valence-corrected chi connectivity index (χ3v) is 4.54. The Morgan fingerprint density at radius 2 is 1.92 bits per heavy atom. The molecule has 1 amide bonds. The summed E-state index contributed by atoms with van der Waals surface area (Å²) in [7, 11) is 0. The van der Waals surface area contributed by atoms with Gasteiger partial charge in [-0.3, -0.25) is 4.79 Å². The number of nitrogens with one attached hydrogen (secondary N) is 2. The minimum absolute atomic E-state index is 0.135. The Kier molecular flexibility index (Phi) is 6.23. The summed E-state index contributed by atoms with van der Waals surface area (Å²) in [6.45, 7) is 4.68. The van der Waals surface area contributed by atoms with Gasteiger partial charge < -0.3 is 20.3 Å². The van der Waals surface area contributed by atoms with Crippen molar-refractivity contribution in [3.05, 3.63) is 47.5 Å². The van der Waals surface area contributed by atoms with Gasteiger partial charge in [0, 0.05) is 18.1 Å². The summed E-state index contributed by atoms with van der Waals surface area (Å²) in [6, 6.07) is 13.2. The Balaban J connectivity index is 1.65. The average molecular weight is 374 g/mol.